The van der Waals surface area contributed by atoms with Crippen LogP contribution >= 0.6 is 34.8 Å². The number of hydrogen-bond acceptors (Lipinski definition) is 4. The van der Waals surface area contributed by atoms with Gasteiger partial charge in [-0.1, -0.05) is 11.6 Å². The molecule has 0 radical (unpaired) electrons. The maximum Gasteiger partial charge on any atom is 0.257 e. The van der Waals surface area contributed by atoms with Gasteiger partial charge in [-0.3, -0.25) is 14.4 Å². The third kappa shape index (κ3) is 5.90. The van der Waals surface area contributed by atoms with Crippen LogP contribution < -0.4 is 16.0 Å². The number of alkyl halides is 2. The molecule has 33 heavy (non-hydrogen) atoms. The molecule has 2 aromatic carbocycles. The Morgan fingerprint density at radius 3 is 2.45 bits per heavy atom. The van der Waals surface area contributed by atoms with Gasteiger partial charge in [-0.2, -0.15) is 5.26 Å². The standard InChI is InChI=1S/C21H15Cl3F2N4O3/c22-13-4-3-10(28-20(33)12-9-21(12,23)24)8-11(13)19(32)29-15-6-5-14(25)18(17(15)26)30-16(31)2-1-7-27/h3-6,8,12H,1-2,9H2,(H,28,33)(H,29,32)(H,30,31). The van der Waals surface area contributed by atoms with E-state index in [0.29, 0.717) is 6.42 Å². The van der Waals surface area contributed by atoms with Gasteiger partial charge in [0.1, 0.15) is 15.8 Å². The van der Waals surface area contributed by atoms with Crippen LogP contribution in [0, 0.1) is 28.9 Å². The van der Waals surface area contributed by atoms with Crippen molar-refractivity contribution in [1.82, 2.24) is 0 Å². The van der Waals surface area contributed by atoms with Gasteiger partial charge >= 0.3 is 0 Å². The Hall–Kier alpha value is -2.93. The van der Waals surface area contributed by atoms with Crippen LogP contribution in [0.5, 0.6) is 0 Å². The highest BCUT2D eigenvalue weighted by Crippen LogP contribution is 2.53. The summed E-state index contributed by atoms with van der Waals surface area (Å²) in [5.74, 6) is -4.92. The first kappa shape index (κ1) is 24.7. The molecule has 7 nitrogen and oxygen atoms in total. The fourth-order valence-corrected chi connectivity index (χ4v) is 3.54. The van der Waals surface area contributed by atoms with E-state index in [9.17, 15) is 23.2 Å². The number of carbonyl (C=O) groups excluding carboxylic acids is 3. The predicted octanol–water partition coefficient (Wildman–Crippen LogP) is 5.25. The summed E-state index contributed by atoms with van der Waals surface area (Å²) >= 11 is 17.8. The van der Waals surface area contributed by atoms with Crippen molar-refractivity contribution in [1.29, 1.82) is 5.26 Å². The molecule has 172 valence electrons. The number of nitrogens with one attached hydrogen (secondary N) is 3. The van der Waals surface area contributed by atoms with Crippen LogP contribution in [-0.4, -0.2) is 22.1 Å². The lowest BCUT2D eigenvalue weighted by atomic mass is 10.1. The topological polar surface area (TPSA) is 111 Å². The Labute approximate surface area is 202 Å². The zero-order valence-corrected chi connectivity index (χ0v) is 18.9. The molecule has 0 heterocycles. The number of hydrogen-bond donors (Lipinski definition) is 3. The van der Waals surface area contributed by atoms with E-state index in [2.05, 4.69) is 10.6 Å². The second-order valence-electron chi connectivity index (χ2n) is 7.15. The smallest absolute Gasteiger partial charge is 0.257 e. The van der Waals surface area contributed by atoms with Crippen LogP contribution in [0.2, 0.25) is 5.02 Å². The number of halogens is 5. The maximum atomic E-state index is 14.8. The van der Waals surface area contributed by atoms with Crippen molar-refractivity contribution in [2.75, 3.05) is 16.0 Å². The van der Waals surface area contributed by atoms with E-state index >= 15 is 0 Å². The minimum Gasteiger partial charge on any atom is -0.326 e. The van der Waals surface area contributed by atoms with Crippen LogP contribution in [0.4, 0.5) is 25.8 Å². The molecule has 1 atom stereocenters. The number of amides is 3. The van der Waals surface area contributed by atoms with Gasteiger partial charge in [0.05, 0.1) is 28.3 Å². The van der Waals surface area contributed by atoms with Crippen molar-refractivity contribution < 1.29 is 23.2 Å². The third-order valence-corrected chi connectivity index (χ3v) is 5.85. The number of rotatable bonds is 7. The first-order valence-electron chi connectivity index (χ1n) is 9.48. The average molecular weight is 516 g/mol. The zero-order chi connectivity index (χ0) is 24.3. The minimum absolute atomic E-state index is 0.00787. The molecule has 0 aromatic heterocycles. The van der Waals surface area contributed by atoms with Crippen molar-refractivity contribution in [2.24, 2.45) is 5.92 Å². The summed E-state index contributed by atoms with van der Waals surface area (Å²) < 4.78 is 27.7. The van der Waals surface area contributed by atoms with Crippen molar-refractivity contribution in [2.45, 2.75) is 23.6 Å². The highest BCUT2D eigenvalue weighted by Gasteiger charge is 2.56. The molecule has 1 aliphatic carbocycles. The second kappa shape index (κ2) is 9.91. The van der Waals surface area contributed by atoms with Gasteiger partial charge in [0.25, 0.3) is 5.91 Å². The Kier molecular flexibility index (Phi) is 7.42. The fraction of sp³-hybridized carbons (Fsp3) is 0.238. The van der Waals surface area contributed by atoms with Crippen LogP contribution in [0.15, 0.2) is 30.3 Å². The van der Waals surface area contributed by atoms with Gasteiger partial charge in [-0.15, -0.1) is 23.2 Å². The quantitative estimate of drug-likeness (QED) is 0.438. The van der Waals surface area contributed by atoms with Crippen molar-refractivity contribution in [3.05, 3.63) is 52.6 Å². The summed E-state index contributed by atoms with van der Waals surface area (Å²) in [6.45, 7) is 0. The SMILES string of the molecule is N#CCCC(=O)Nc1c(F)ccc(NC(=O)c2cc(NC(=O)C3CC3(Cl)Cl)ccc2Cl)c1F. The third-order valence-electron chi connectivity index (χ3n) is 4.69. The van der Waals surface area contributed by atoms with E-state index in [1.165, 1.54) is 18.2 Å². The van der Waals surface area contributed by atoms with E-state index in [-0.39, 0.29) is 29.1 Å². The maximum absolute atomic E-state index is 14.8. The molecule has 1 saturated carbocycles. The molecule has 3 rings (SSSR count). The molecule has 12 heteroatoms. The van der Waals surface area contributed by atoms with Crippen molar-refractivity contribution in [3.8, 4) is 6.07 Å². The van der Waals surface area contributed by atoms with E-state index in [4.69, 9.17) is 40.1 Å². The summed E-state index contributed by atoms with van der Waals surface area (Å²) in [7, 11) is 0. The highest BCUT2D eigenvalue weighted by atomic mass is 35.5. The number of nitriles is 1. The highest BCUT2D eigenvalue weighted by molar-refractivity contribution is 6.52. The number of carbonyl (C=O) groups is 3. The van der Waals surface area contributed by atoms with Gasteiger partial charge in [-0.25, -0.2) is 8.78 Å². The molecule has 2 aromatic rings. The van der Waals surface area contributed by atoms with E-state index < -0.39 is 51.0 Å². The summed E-state index contributed by atoms with van der Waals surface area (Å²) in [4.78, 5) is 36.6. The van der Waals surface area contributed by atoms with Crippen LogP contribution in [-0.2, 0) is 9.59 Å². The summed E-state index contributed by atoms with van der Waals surface area (Å²) in [5.41, 5.74) is -1.06. The Bertz CT molecular complexity index is 1180. The molecule has 1 aliphatic rings. The van der Waals surface area contributed by atoms with Gasteiger partial charge in [-0.05, 0) is 36.8 Å². The van der Waals surface area contributed by atoms with Crippen LogP contribution in [0.25, 0.3) is 0 Å². The normalized spacial score (nSPS) is 15.8. The predicted molar refractivity (Wildman–Crippen MR) is 120 cm³/mol. The number of benzene rings is 2. The first-order valence-corrected chi connectivity index (χ1v) is 10.6. The van der Waals surface area contributed by atoms with Crippen molar-refractivity contribution >= 4 is 69.6 Å². The lowest BCUT2D eigenvalue weighted by molar-refractivity contribution is -0.117. The van der Waals surface area contributed by atoms with Crippen LogP contribution in [0.3, 0.4) is 0 Å². The molecular formula is C21H15Cl3F2N4O3. The minimum atomic E-state index is -1.22. The molecule has 0 spiro atoms. The van der Waals surface area contributed by atoms with Gasteiger partial charge in [0, 0.05) is 18.5 Å². The Morgan fingerprint density at radius 2 is 1.82 bits per heavy atom. The number of nitrogens with zero attached hydrogens (tertiary/aromatic N) is 1. The summed E-state index contributed by atoms with van der Waals surface area (Å²) in [5, 5.41) is 15.4. The lowest BCUT2D eigenvalue weighted by Crippen LogP contribution is -2.19. The lowest BCUT2D eigenvalue weighted by Gasteiger charge is -2.13. The Morgan fingerprint density at radius 1 is 1.12 bits per heavy atom. The molecule has 3 N–H and O–H groups in total. The molecule has 1 fully saturated rings. The molecule has 0 saturated heterocycles. The summed E-state index contributed by atoms with van der Waals surface area (Å²) in [6, 6.07) is 7.66. The van der Waals surface area contributed by atoms with Crippen molar-refractivity contribution in [3.63, 3.8) is 0 Å². The Balaban J connectivity index is 1.77. The van der Waals surface area contributed by atoms with Gasteiger partial charge in [0.15, 0.2) is 5.82 Å². The van der Waals surface area contributed by atoms with E-state index in [0.717, 1.165) is 12.1 Å². The molecule has 0 bridgehead atoms. The van der Waals surface area contributed by atoms with E-state index in [1.807, 2.05) is 5.32 Å². The molecule has 3 amide bonds. The first-order chi connectivity index (χ1) is 15.5. The monoisotopic (exact) mass is 514 g/mol. The number of anilines is 3. The zero-order valence-electron chi connectivity index (χ0n) is 16.6. The molecule has 1 unspecified atom stereocenters. The average Bonchev–Trinajstić information content (AvgIpc) is 3.41. The van der Waals surface area contributed by atoms with E-state index in [1.54, 1.807) is 6.07 Å². The fourth-order valence-electron chi connectivity index (χ4n) is 2.83. The van der Waals surface area contributed by atoms with Gasteiger partial charge in [0.2, 0.25) is 11.8 Å². The second-order valence-corrected chi connectivity index (χ2v) is 9.10. The molecule has 0 aliphatic heterocycles. The van der Waals surface area contributed by atoms with Gasteiger partial charge < -0.3 is 16.0 Å². The van der Waals surface area contributed by atoms with Crippen LogP contribution in [0.1, 0.15) is 29.6 Å². The summed E-state index contributed by atoms with van der Waals surface area (Å²) in [6.07, 6.45) is -0.0913. The largest absolute Gasteiger partial charge is 0.326 e. The molecular weight excluding hydrogens is 501 g/mol.